The van der Waals surface area contributed by atoms with Crippen molar-refractivity contribution < 1.29 is 4.79 Å². The third-order valence-corrected chi connectivity index (χ3v) is 3.99. The van der Waals surface area contributed by atoms with Gasteiger partial charge in [0.1, 0.15) is 17.9 Å². The molecule has 24 heavy (non-hydrogen) atoms. The Kier molecular flexibility index (Phi) is 4.40. The van der Waals surface area contributed by atoms with Gasteiger partial charge >= 0.3 is 0 Å². The quantitative estimate of drug-likeness (QED) is 0.931. The first-order chi connectivity index (χ1) is 11.7. The molecule has 1 unspecified atom stereocenters. The van der Waals surface area contributed by atoms with Crippen LogP contribution >= 0.6 is 0 Å². The molecular formula is C18H15N5O. The van der Waals surface area contributed by atoms with E-state index in [1.165, 1.54) is 0 Å². The number of hydrogen-bond donors (Lipinski definition) is 1. The monoisotopic (exact) mass is 317 g/mol. The number of carbonyl (C=O) groups is 1. The number of nitrogens with one attached hydrogen (secondary N) is 1. The molecule has 1 amide bonds. The van der Waals surface area contributed by atoms with Gasteiger partial charge in [-0.25, -0.2) is 4.98 Å². The van der Waals surface area contributed by atoms with Crippen LogP contribution in [-0.2, 0) is 11.3 Å². The van der Waals surface area contributed by atoms with Crippen LogP contribution in [0.1, 0.15) is 23.1 Å². The molecule has 1 fully saturated rings. The number of nitrogens with zero attached hydrogens (tertiary/aromatic N) is 4. The van der Waals surface area contributed by atoms with E-state index in [0.717, 1.165) is 5.56 Å². The molecule has 1 atom stereocenters. The van der Waals surface area contributed by atoms with E-state index in [4.69, 9.17) is 10.5 Å². The van der Waals surface area contributed by atoms with Crippen molar-refractivity contribution >= 4 is 11.7 Å². The lowest BCUT2D eigenvalue weighted by Crippen LogP contribution is -2.33. The molecule has 3 rings (SSSR count). The minimum atomic E-state index is -0.370. The van der Waals surface area contributed by atoms with Crippen molar-refractivity contribution in [1.29, 1.82) is 10.5 Å². The van der Waals surface area contributed by atoms with E-state index in [1.807, 2.05) is 12.1 Å². The molecule has 1 aromatic heterocycles. The number of carbonyl (C=O) groups excluding carboxylic acids is 1. The van der Waals surface area contributed by atoms with Crippen LogP contribution in [0.25, 0.3) is 0 Å². The Morgan fingerprint density at radius 3 is 2.71 bits per heavy atom. The summed E-state index contributed by atoms with van der Waals surface area (Å²) in [5.41, 5.74) is 2.01. The Balaban J connectivity index is 1.66. The van der Waals surface area contributed by atoms with Gasteiger partial charge < -0.3 is 10.2 Å². The second-order valence-corrected chi connectivity index (χ2v) is 5.57. The van der Waals surface area contributed by atoms with Crippen molar-refractivity contribution in [3.63, 3.8) is 0 Å². The highest BCUT2D eigenvalue weighted by atomic mass is 16.2. The Hall–Kier alpha value is -3.38. The fourth-order valence-corrected chi connectivity index (χ4v) is 2.71. The van der Waals surface area contributed by atoms with E-state index < -0.39 is 0 Å². The number of anilines is 1. The number of amides is 1. The van der Waals surface area contributed by atoms with Crippen LogP contribution in [0.4, 0.5) is 5.82 Å². The molecule has 2 heterocycles. The van der Waals surface area contributed by atoms with E-state index in [2.05, 4.69) is 22.4 Å². The average Bonchev–Trinajstić information content (AvgIpc) is 2.96. The highest BCUT2D eigenvalue weighted by Gasteiger charge is 2.32. The third-order valence-electron chi connectivity index (χ3n) is 3.99. The van der Waals surface area contributed by atoms with Crippen LogP contribution in [-0.4, -0.2) is 28.4 Å². The van der Waals surface area contributed by atoms with Crippen LogP contribution in [0.2, 0.25) is 0 Å². The van der Waals surface area contributed by atoms with Gasteiger partial charge in [-0.1, -0.05) is 12.1 Å². The molecule has 1 saturated heterocycles. The molecule has 6 nitrogen and oxygen atoms in total. The smallest absolute Gasteiger partial charge is 0.245 e. The Morgan fingerprint density at radius 1 is 1.21 bits per heavy atom. The van der Waals surface area contributed by atoms with Gasteiger partial charge in [-0.15, -0.1) is 0 Å². The highest BCUT2D eigenvalue weighted by molar-refractivity contribution is 5.86. The van der Waals surface area contributed by atoms with Gasteiger partial charge in [0.25, 0.3) is 0 Å². The first kappa shape index (κ1) is 15.5. The maximum Gasteiger partial charge on any atom is 0.245 e. The van der Waals surface area contributed by atoms with Crippen LogP contribution in [0.15, 0.2) is 42.6 Å². The maximum absolute atomic E-state index is 12.5. The van der Waals surface area contributed by atoms with Gasteiger partial charge in [-0.05, 0) is 36.2 Å². The van der Waals surface area contributed by atoms with Gasteiger partial charge in [0.2, 0.25) is 5.91 Å². The van der Waals surface area contributed by atoms with E-state index in [9.17, 15) is 4.79 Å². The number of pyridine rings is 1. The largest absolute Gasteiger partial charge is 0.357 e. The summed E-state index contributed by atoms with van der Waals surface area (Å²) in [6.07, 6.45) is 2.26. The minimum absolute atomic E-state index is 0.00565. The zero-order valence-electron chi connectivity index (χ0n) is 12.9. The SMILES string of the molecule is N#Cc1ccc(CN2CCC(Nc3ncccc3C#N)C2=O)cc1. The molecule has 1 aliphatic heterocycles. The average molecular weight is 317 g/mol. The first-order valence-electron chi connectivity index (χ1n) is 7.61. The van der Waals surface area contributed by atoms with Crippen molar-refractivity contribution in [1.82, 2.24) is 9.88 Å². The van der Waals surface area contributed by atoms with Gasteiger partial charge in [-0.3, -0.25) is 4.79 Å². The molecule has 118 valence electrons. The van der Waals surface area contributed by atoms with Crippen LogP contribution in [0, 0.1) is 22.7 Å². The number of rotatable bonds is 4. The van der Waals surface area contributed by atoms with Gasteiger partial charge in [0, 0.05) is 19.3 Å². The fourth-order valence-electron chi connectivity index (χ4n) is 2.71. The number of aromatic nitrogens is 1. The molecule has 2 aromatic rings. The van der Waals surface area contributed by atoms with Crippen molar-refractivity contribution in [3.05, 3.63) is 59.3 Å². The van der Waals surface area contributed by atoms with E-state index in [0.29, 0.717) is 36.5 Å². The molecule has 0 aliphatic carbocycles. The molecular weight excluding hydrogens is 302 g/mol. The van der Waals surface area contributed by atoms with Crippen molar-refractivity contribution in [2.75, 3.05) is 11.9 Å². The summed E-state index contributed by atoms with van der Waals surface area (Å²) in [6, 6.07) is 14.4. The number of likely N-dealkylation sites (tertiary alicyclic amines) is 1. The summed E-state index contributed by atoms with van der Waals surface area (Å²) in [7, 11) is 0. The summed E-state index contributed by atoms with van der Waals surface area (Å²) in [5, 5.41) is 21.0. The second kappa shape index (κ2) is 6.80. The Morgan fingerprint density at radius 2 is 2.00 bits per heavy atom. The standard InChI is InChI=1S/C18H15N5O/c19-10-13-3-5-14(6-4-13)12-23-9-7-16(18(23)24)22-17-15(11-20)2-1-8-21-17/h1-6,8,16H,7,9,12H2,(H,21,22). The number of hydrogen-bond acceptors (Lipinski definition) is 5. The summed E-state index contributed by atoms with van der Waals surface area (Å²) in [5.74, 6) is 0.437. The van der Waals surface area contributed by atoms with E-state index in [-0.39, 0.29) is 11.9 Å². The van der Waals surface area contributed by atoms with Crippen molar-refractivity contribution in [3.8, 4) is 12.1 Å². The van der Waals surface area contributed by atoms with Crippen molar-refractivity contribution in [2.24, 2.45) is 0 Å². The van der Waals surface area contributed by atoms with E-state index in [1.54, 1.807) is 35.4 Å². The van der Waals surface area contributed by atoms with Gasteiger partial charge in [0.05, 0.1) is 17.2 Å². The number of benzene rings is 1. The second-order valence-electron chi connectivity index (χ2n) is 5.57. The molecule has 0 saturated carbocycles. The topological polar surface area (TPSA) is 92.8 Å². The molecule has 1 aromatic carbocycles. The first-order valence-corrected chi connectivity index (χ1v) is 7.61. The zero-order chi connectivity index (χ0) is 16.9. The lowest BCUT2D eigenvalue weighted by atomic mass is 10.1. The highest BCUT2D eigenvalue weighted by Crippen LogP contribution is 2.20. The maximum atomic E-state index is 12.5. The van der Waals surface area contributed by atoms with E-state index >= 15 is 0 Å². The third kappa shape index (κ3) is 3.18. The molecule has 0 bridgehead atoms. The predicted molar refractivity (Wildman–Crippen MR) is 87.6 cm³/mol. The normalized spacial score (nSPS) is 16.5. The molecule has 6 heteroatoms. The summed E-state index contributed by atoms with van der Waals surface area (Å²) in [6.45, 7) is 1.15. The van der Waals surface area contributed by atoms with Gasteiger partial charge in [0.15, 0.2) is 0 Å². The lowest BCUT2D eigenvalue weighted by molar-refractivity contribution is -0.128. The Labute approximate surface area is 140 Å². The molecule has 0 spiro atoms. The van der Waals surface area contributed by atoms with Crippen LogP contribution in [0.3, 0.4) is 0 Å². The number of nitriles is 2. The minimum Gasteiger partial charge on any atom is -0.357 e. The zero-order valence-corrected chi connectivity index (χ0v) is 12.9. The summed E-state index contributed by atoms with van der Waals surface area (Å²) in [4.78, 5) is 18.4. The molecule has 1 aliphatic rings. The molecule has 1 N–H and O–H groups in total. The fraction of sp³-hybridized carbons (Fsp3) is 0.222. The van der Waals surface area contributed by atoms with Crippen LogP contribution in [0.5, 0.6) is 0 Å². The van der Waals surface area contributed by atoms with Crippen LogP contribution < -0.4 is 5.32 Å². The lowest BCUT2D eigenvalue weighted by Gasteiger charge is -2.17. The molecule has 0 radical (unpaired) electrons. The van der Waals surface area contributed by atoms with Gasteiger partial charge in [-0.2, -0.15) is 10.5 Å². The Bertz CT molecular complexity index is 832. The predicted octanol–water partition coefficient (Wildman–Crippen LogP) is 2.04. The summed E-state index contributed by atoms with van der Waals surface area (Å²) < 4.78 is 0. The summed E-state index contributed by atoms with van der Waals surface area (Å²) >= 11 is 0. The van der Waals surface area contributed by atoms with Crippen molar-refractivity contribution in [2.45, 2.75) is 19.0 Å².